The Kier molecular flexibility index (Phi) is 8.19. The van der Waals surface area contributed by atoms with Crippen LogP contribution < -0.4 is 14.8 Å². The van der Waals surface area contributed by atoms with Crippen LogP contribution in [0.3, 0.4) is 0 Å². The number of aryl methyl sites for hydroxylation is 1. The summed E-state index contributed by atoms with van der Waals surface area (Å²) in [4.78, 5) is 34.2. The summed E-state index contributed by atoms with van der Waals surface area (Å²) in [6, 6.07) is 13.1. The summed E-state index contributed by atoms with van der Waals surface area (Å²) in [5, 5.41) is 2.69. The van der Waals surface area contributed by atoms with E-state index in [2.05, 4.69) is 15.3 Å². The monoisotopic (exact) mass is 437 g/mol. The first-order valence-corrected chi connectivity index (χ1v) is 10.3. The van der Waals surface area contributed by atoms with Gasteiger partial charge in [-0.15, -0.1) is 0 Å². The van der Waals surface area contributed by atoms with Gasteiger partial charge in [0, 0.05) is 25.5 Å². The van der Waals surface area contributed by atoms with Crippen LogP contribution in [0.2, 0.25) is 0 Å². The number of benzene rings is 1. The van der Waals surface area contributed by atoms with Gasteiger partial charge in [0.15, 0.2) is 5.82 Å². The summed E-state index contributed by atoms with van der Waals surface area (Å²) < 4.78 is 12.7. The summed E-state index contributed by atoms with van der Waals surface area (Å²) in [7, 11) is 1.72. The third kappa shape index (κ3) is 7.42. The van der Waals surface area contributed by atoms with Gasteiger partial charge < -0.3 is 24.3 Å². The Morgan fingerprint density at radius 3 is 2.62 bits per heavy atom. The van der Waals surface area contributed by atoms with Gasteiger partial charge in [0.2, 0.25) is 17.7 Å². The molecule has 0 fully saturated rings. The summed E-state index contributed by atoms with van der Waals surface area (Å²) in [6.45, 7) is 3.20. The van der Waals surface area contributed by atoms with E-state index < -0.39 is 0 Å². The van der Waals surface area contributed by atoms with Crippen LogP contribution in [0.25, 0.3) is 0 Å². The van der Waals surface area contributed by atoms with Crippen molar-refractivity contribution >= 4 is 17.6 Å². The van der Waals surface area contributed by atoms with E-state index in [0.29, 0.717) is 24.8 Å². The molecule has 9 nitrogen and oxygen atoms in total. The van der Waals surface area contributed by atoms with Crippen molar-refractivity contribution < 1.29 is 19.1 Å². The molecular weight excluding hydrogens is 410 g/mol. The predicted octanol–water partition coefficient (Wildman–Crippen LogP) is 2.53. The standard InChI is InChI=1S/C23H27N5O4/c1-18-6-8-19(9-7-18)31-14-12-27(2)23(30)16-28-15-20(25-17-28)26-21(29)10-13-32-22-5-3-4-11-24-22/h3-9,11,15,17H,10,12-14,16H2,1-2H3,(H,26,29). The Morgan fingerprint density at radius 2 is 1.88 bits per heavy atom. The highest BCUT2D eigenvalue weighted by atomic mass is 16.5. The molecule has 0 spiro atoms. The van der Waals surface area contributed by atoms with E-state index in [9.17, 15) is 9.59 Å². The average Bonchev–Trinajstić information content (AvgIpc) is 3.22. The van der Waals surface area contributed by atoms with E-state index in [-0.39, 0.29) is 31.4 Å². The molecule has 168 valence electrons. The summed E-state index contributed by atoms with van der Waals surface area (Å²) in [5.41, 5.74) is 1.17. The predicted molar refractivity (Wildman–Crippen MR) is 120 cm³/mol. The molecule has 0 unspecified atom stereocenters. The van der Waals surface area contributed by atoms with Gasteiger partial charge in [-0.3, -0.25) is 9.59 Å². The lowest BCUT2D eigenvalue weighted by molar-refractivity contribution is -0.130. The summed E-state index contributed by atoms with van der Waals surface area (Å²) >= 11 is 0. The number of ether oxygens (including phenoxy) is 2. The molecule has 2 amide bonds. The average molecular weight is 438 g/mol. The molecule has 1 N–H and O–H groups in total. The fraction of sp³-hybridized carbons (Fsp3) is 0.304. The zero-order chi connectivity index (χ0) is 22.8. The molecule has 0 aliphatic carbocycles. The van der Waals surface area contributed by atoms with Gasteiger partial charge >= 0.3 is 0 Å². The molecular formula is C23H27N5O4. The molecule has 0 radical (unpaired) electrons. The molecule has 2 aromatic heterocycles. The number of imidazole rings is 1. The van der Waals surface area contributed by atoms with E-state index in [4.69, 9.17) is 9.47 Å². The lowest BCUT2D eigenvalue weighted by Crippen LogP contribution is -2.33. The number of hydrogen-bond acceptors (Lipinski definition) is 6. The van der Waals surface area contributed by atoms with E-state index in [1.54, 1.807) is 41.0 Å². The molecule has 2 heterocycles. The Bertz CT molecular complexity index is 1000. The number of aromatic nitrogens is 3. The van der Waals surface area contributed by atoms with Crippen molar-refractivity contribution in [3.8, 4) is 11.6 Å². The Balaban J connectivity index is 1.36. The number of hydrogen-bond donors (Lipinski definition) is 1. The fourth-order valence-corrected chi connectivity index (χ4v) is 2.73. The number of nitrogens with one attached hydrogen (secondary N) is 1. The molecule has 0 bridgehead atoms. The van der Waals surface area contributed by atoms with Crippen molar-refractivity contribution in [2.24, 2.45) is 0 Å². The van der Waals surface area contributed by atoms with Gasteiger partial charge in [0.1, 0.15) is 18.9 Å². The van der Waals surface area contributed by atoms with Crippen molar-refractivity contribution in [2.45, 2.75) is 19.9 Å². The van der Waals surface area contributed by atoms with Crippen LogP contribution >= 0.6 is 0 Å². The van der Waals surface area contributed by atoms with E-state index in [1.807, 2.05) is 37.3 Å². The van der Waals surface area contributed by atoms with E-state index in [1.165, 1.54) is 11.9 Å². The minimum absolute atomic E-state index is 0.0865. The molecule has 0 atom stereocenters. The SMILES string of the molecule is Cc1ccc(OCCN(C)C(=O)Cn2cnc(NC(=O)CCOc3ccccn3)c2)cc1. The number of rotatable bonds is 11. The van der Waals surface area contributed by atoms with Crippen molar-refractivity contribution in [3.63, 3.8) is 0 Å². The molecule has 3 aromatic rings. The second kappa shape index (κ2) is 11.5. The first-order chi connectivity index (χ1) is 15.5. The van der Waals surface area contributed by atoms with Crippen LogP contribution in [0.4, 0.5) is 5.82 Å². The number of anilines is 1. The maximum absolute atomic E-state index is 12.4. The fourth-order valence-electron chi connectivity index (χ4n) is 2.73. The van der Waals surface area contributed by atoms with E-state index in [0.717, 1.165) is 5.75 Å². The van der Waals surface area contributed by atoms with Gasteiger partial charge in [0.25, 0.3) is 0 Å². The largest absolute Gasteiger partial charge is 0.492 e. The van der Waals surface area contributed by atoms with Crippen molar-refractivity contribution in [1.82, 2.24) is 19.4 Å². The lowest BCUT2D eigenvalue weighted by atomic mass is 10.2. The molecule has 0 aliphatic rings. The van der Waals surface area contributed by atoms with Crippen molar-refractivity contribution in [1.29, 1.82) is 0 Å². The summed E-state index contributed by atoms with van der Waals surface area (Å²) in [5.74, 6) is 1.30. The zero-order valence-electron chi connectivity index (χ0n) is 18.2. The minimum atomic E-state index is -0.233. The van der Waals surface area contributed by atoms with Crippen molar-refractivity contribution in [2.75, 3.05) is 32.1 Å². The van der Waals surface area contributed by atoms with Crippen molar-refractivity contribution in [3.05, 3.63) is 66.7 Å². The summed E-state index contributed by atoms with van der Waals surface area (Å²) in [6.07, 6.45) is 4.91. The number of likely N-dealkylation sites (N-methyl/N-ethyl adjacent to an activating group) is 1. The highest BCUT2D eigenvalue weighted by Gasteiger charge is 2.11. The van der Waals surface area contributed by atoms with Crippen LogP contribution in [-0.4, -0.2) is 58.1 Å². The third-order valence-corrected chi connectivity index (χ3v) is 4.58. The zero-order valence-corrected chi connectivity index (χ0v) is 18.2. The molecule has 3 rings (SSSR count). The first kappa shape index (κ1) is 22.8. The van der Waals surface area contributed by atoms with Gasteiger partial charge in [-0.2, -0.15) is 0 Å². The maximum atomic E-state index is 12.4. The molecule has 32 heavy (non-hydrogen) atoms. The molecule has 1 aromatic carbocycles. The number of carbonyl (C=O) groups excluding carboxylic acids is 2. The van der Waals surface area contributed by atoms with Gasteiger partial charge in [-0.1, -0.05) is 23.8 Å². The molecule has 9 heteroatoms. The topological polar surface area (TPSA) is 98.6 Å². The Morgan fingerprint density at radius 1 is 1.06 bits per heavy atom. The smallest absolute Gasteiger partial charge is 0.242 e. The molecule has 0 saturated heterocycles. The maximum Gasteiger partial charge on any atom is 0.242 e. The lowest BCUT2D eigenvalue weighted by Gasteiger charge is -2.17. The number of carbonyl (C=O) groups is 2. The Labute approximate surface area is 187 Å². The normalized spacial score (nSPS) is 10.4. The van der Waals surface area contributed by atoms with Crippen LogP contribution in [0.5, 0.6) is 11.6 Å². The number of nitrogens with zero attached hydrogens (tertiary/aromatic N) is 4. The van der Waals surface area contributed by atoms with Gasteiger partial charge in [-0.05, 0) is 25.1 Å². The van der Waals surface area contributed by atoms with E-state index >= 15 is 0 Å². The Hall–Kier alpha value is -3.88. The van der Waals surface area contributed by atoms with Crippen LogP contribution in [0.1, 0.15) is 12.0 Å². The highest BCUT2D eigenvalue weighted by Crippen LogP contribution is 2.11. The third-order valence-electron chi connectivity index (χ3n) is 4.58. The minimum Gasteiger partial charge on any atom is -0.492 e. The second-order valence-corrected chi connectivity index (χ2v) is 7.22. The van der Waals surface area contributed by atoms with Crippen LogP contribution in [-0.2, 0) is 16.1 Å². The van der Waals surface area contributed by atoms with Gasteiger partial charge in [-0.25, -0.2) is 9.97 Å². The van der Waals surface area contributed by atoms with Crippen LogP contribution in [0.15, 0.2) is 61.2 Å². The highest BCUT2D eigenvalue weighted by molar-refractivity contribution is 5.89. The first-order valence-electron chi connectivity index (χ1n) is 10.3. The number of pyridine rings is 1. The second-order valence-electron chi connectivity index (χ2n) is 7.22. The molecule has 0 saturated carbocycles. The van der Waals surface area contributed by atoms with Crippen LogP contribution in [0, 0.1) is 6.92 Å². The van der Waals surface area contributed by atoms with Gasteiger partial charge in [0.05, 0.1) is 25.9 Å². The number of amides is 2. The quantitative estimate of drug-likeness (QED) is 0.495. The molecule has 0 aliphatic heterocycles.